The maximum atomic E-state index is 12.3. The van der Waals surface area contributed by atoms with E-state index in [9.17, 15) is 14.4 Å². The maximum absolute atomic E-state index is 12.3. The van der Waals surface area contributed by atoms with Gasteiger partial charge >= 0.3 is 11.9 Å². The summed E-state index contributed by atoms with van der Waals surface area (Å²) in [4.78, 5) is 41.3. The van der Waals surface area contributed by atoms with Crippen LogP contribution in [0.3, 0.4) is 0 Å². The summed E-state index contributed by atoms with van der Waals surface area (Å²) in [6.45, 7) is 7.27. The van der Waals surface area contributed by atoms with E-state index in [2.05, 4.69) is 4.98 Å². The van der Waals surface area contributed by atoms with E-state index < -0.39 is 11.9 Å². The molecule has 0 aliphatic heterocycles. The number of carbonyl (C=O) groups excluding carboxylic acids is 2. The number of hydrogen-bond donors (Lipinski definition) is 0. The van der Waals surface area contributed by atoms with Gasteiger partial charge in [-0.15, -0.1) is 11.3 Å². The molecular formula is C19H21N3O5S. The Hall–Kier alpha value is -2.94. The third kappa shape index (κ3) is 3.84. The SMILES string of the molecule is CCOC(=O)c1cc(C)n(CC(=O)OCc2cc(=O)n3c(C)csc3n2)c1C. The fraction of sp³-hybridized carbons (Fsp3) is 0.368. The van der Waals surface area contributed by atoms with Crippen LogP contribution in [0.2, 0.25) is 0 Å². The highest BCUT2D eigenvalue weighted by Crippen LogP contribution is 2.17. The molecule has 9 heteroatoms. The monoisotopic (exact) mass is 403 g/mol. The van der Waals surface area contributed by atoms with Gasteiger partial charge in [0.2, 0.25) is 0 Å². The minimum absolute atomic E-state index is 0.0452. The number of hydrogen-bond acceptors (Lipinski definition) is 7. The number of ether oxygens (including phenoxy) is 2. The number of aromatic nitrogens is 3. The van der Waals surface area contributed by atoms with E-state index in [0.717, 1.165) is 11.4 Å². The lowest BCUT2D eigenvalue weighted by Crippen LogP contribution is -2.18. The second kappa shape index (κ2) is 7.97. The highest BCUT2D eigenvalue weighted by Gasteiger charge is 2.18. The first-order chi connectivity index (χ1) is 13.3. The van der Waals surface area contributed by atoms with E-state index in [-0.39, 0.29) is 25.3 Å². The van der Waals surface area contributed by atoms with Crippen LogP contribution in [0.15, 0.2) is 22.3 Å². The molecule has 0 aliphatic carbocycles. The molecule has 0 aromatic carbocycles. The van der Waals surface area contributed by atoms with Crippen molar-refractivity contribution >= 4 is 28.2 Å². The number of esters is 2. The molecule has 3 rings (SSSR count). The molecule has 0 radical (unpaired) electrons. The Kier molecular flexibility index (Phi) is 5.64. The Morgan fingerprint density at radius 2 is 1.89 bits per heavy atom. The normalized spacial score (nSPS) is 11.0. The van der Waals surface area contributed by atoms with Crippen molar-refractivity contribution in [3.63, 3.8) is 0 Å². The van der Waals surface area contributed by atoms with Crippen LogP contribution in [-0.4, -0.2) is 32.5 Å². The molecule has 0 saturated carbocycles. The quantitative estimate of drug-likeness (QED) is 0.587. The summed E-state index contributed by atoms with van der Waals surface area (Å²) in [7, 11) is 0. The van der Waals surface area contributed by atoms with Crippen LogP contribution >= 0.6 is 11.3 Å². The maximum Gasteiger partial charge on any atom is 0.339 e. The summed E-state index contributed by atoms with van der Waals surface area (Å²) in [5, 5.41) is 1.85. The van der Waals surface area contributed by atoms with Gasteiger partial charge < -0.3 is 14.0 Å². The molecule has 3 aromatic rings. The summed E-state index contributed by atoms with van der Waals surface area (Å²) in [5.74, 6) is -0.902. The van der Waals surface area contributed by atoms with Gasteiger partial charge in [0.1, 0.15) is 13.2 Å². The van der Waals surface area contributed by atoms with Crippen LogP contribution in [0.25, 0.3) is 4.96 Å². The van der Waals surface area contributed by atoms with E-state index in [0.29, 0.717) is 21.9 Å². The molecule has 3 aromatic heterocycles. The molecule has 0 saturated heterocycles. The first-order valence-corrected chi connectivity index (χ1v) is 9.66. The first-order valence-electron chi connectivity index (χ1n) is 8.78. The van der Waals surface area contributed by atoms with Gasteiger partial charge in [0.15, 0.2) is 4.96 Å². The Morgan fingerprint density at radius 1 is 1.14 bits per heavy atom. The van der Waals surface area contributed by atoms with E-state index in [4.69, 9.17) is 9.47 Å². The molecule has 0 N–H and O–H groups in total. The molecule has 3 heterocycles. The molecule has 148 valence electrons. The number of fused-ring (bicyclic) bond motifs is 1. The average Bonchev–Trinajstić information content (AvgIpc) is 3.15. The van der Waals surface area contributed by atoms with Crippen molar-refractivity contribution in [1.29, 1.82) is 0 Å². The smallest absolute Gasteiger partial charge is 0.339 e. The van der Waals surface area contributed by atoms with Crippen LogP contribution in [0.5, 0.6) is 0 Å². The second-order valence-corrected chi connectivity index (χ2v) is 7.17. The van der Waals surface area contributed by atoms with Crippen molar-refractivity contribution in [1.82, 2.24) is 14.0 Å². The molecule has 0 unspecified atom stereocenters. The van der Waals surface area contributed by atoms with Crippen LogP contribution in [0, 0.1) is 20.8 Å². The van der Waals surface area contributed by atoms with Gasteiger partial charge in [-0.25, -0.2) is 9.78 Å². The van der Waals surface area contributed by atoms with Crippen LogP contribution in [-0.2, 0) is 27.4 Å². The Balaban J connectivity index is 1.70. The molecule has 28 heavy (non-hydrogen) atoms. The lowest BCUT2D eigenvalue weighted by molar-refractivity contribution is -0.145. The summed E-state index contributed by atoms with van der Waals surface area (Å²) in [6.07, 6.45) is 0. The zero-order valence-electron chi connectivity index (χ0n) is 16.1. The standard InChI is InChI=1S/C19H21N3O5S/c1-5-26-18(25)15-6-11(2)21(13(15)4)8-17(24)27-9-14-7-16(23)22-12(3)10-28-19(22)20-14/h6-7,10H,5,8-9H2,1-4H3. The van der Waals surface area contributed by atoms with Gasteiger partial charge in [-0.2, -0.15) is 0 Å². The number of rotatable bonds is 6. The highest BCUT2D eigenvalue weighted by molar-refractivity contribution is 7.15. The molecule has 0 atom stereocenters. The molecule has 0 bridgehead atoms. The molecule has 0 aliphatic rings. The van der Waals surface area contributed by atoms with Gasteiger partial charge in [-0.1, -0.05) is 0 Å². The number of nitrogens with zero attached hydrogens (tertiary/aromatic N) is 3. The summed E-state index contributed by atoms with van der Waals surface area (Å²) < 4.78 is 13.5. The Labute approximate surface area is 165 Å². The van der Waals surface area contributed by atoms with E-state index in [1.165, 1.54) is 21.8 Å². The molecule has 0 spiro atoms. The largest absolute Gasteiger partial charge is 0.462 e. The van der Waals surface area contributed by atoms with Gasteiger partial charge in [-0.05, 0) is 33.8 Å². The van der Waals surface area contributed by atoms with Crippen molar-refractivity contribution in [2.45, 2.75) is 40.8 Å². The Morgan fingerprint density at radius 3 is 2.61 bits per heavy atom. The van der Waals surface area contributed by atoms with Gasteiger partial charge in [0.25, 0.3) is 5.56 Å². The minimum Gasteiger partial charge on any atom is -0.462 e. The zero-order valence-corrected chi connectivity index (χ0v) is 17.0. The topological polar surface area (TPSA) is 91.9 Å². The van der Waals surface area contributed by atoms with Crippen molar-refractivity contribution in [3.05, 3.63) is 56.2 Å². The van der Waals surface area contributed by atoms with Crippen molar-refractivity contribution in [2.75, 3.05) is 6.61 Å². The van der Waals surface area contributed by atoms with Crippen molar-refractivity contribution in [2.24, 2.45) is 0 Å². The Bertz CT molecular complexity index is 1110. The first kappa shape index (κ1) is 19.8. The van der Waals surface area contributed by atoms with Gasteiger partial charge in [0, 0.05) is 28.5 Å². The fourth-order valence-electron chi connectivity index (χ4n) is 2.96. The highest BCUT2D eigenvalue weighted by atomic mass is 32.1. The second-order valence-electron chi connectivity index (χ2n) is 6.33. The number of carbonyl (C=O) groups is 2. The molecule has 0 fully saturated rings. The predicted octanol–water partition coefficient (Wildman–Crippen LogP) is 2.40. The third-order valence-corrected chi connectivity index (χ3v) is 5.31. The van der Waals surface area contributed by atoms with Crippen molar-refractivity contribution < 1.29 is 19.1 Å². The van der Waals surface area contributed by atoms with Crippen LogP contribution < -0.4 is 5.56 Å². The van der Waals surface area contributed by atoms with E-state index >= 15 is 0 Å². The van der Waals surface area contributed by atoms with Crippen LogP contribution in [0.1, 0.15) is 40.1 Å². The fourth-order valence-corrected chi connectivity index (χ4v) is 3.85. The molecular weight excluding hydrogens is 382 g/mol. The minimum atomic E-state index is -0.485. The van der Waals surface area contributed by atoms with Gasteiger partial charge in [-0.3, -0.25) is 14.0 Å². The zero-order chi connectivity index (χ0) is 20.4. The third-order valence-electron chi connectivity index (χ3n) is 4.37. The van der Waals surface area contributed by atoms with Crippen molar-refractivity contribution in [3.8, 4) is 0 Å². The van der Waals surface area contributed by atoms with E-state index in [1.807, 2.05) is 12.3 Å². The number of thiazole rings is 1. The number of aryl methyl sites for hydroxylation is 2. The lowest BCUT2D eigenvalue weighted by Gasteiger charge is -2.10. The summed E-state index contributed by atoms with van der Waals surface area (Å²) >= 11 is 1.36. The molecule has 8 nitrogen and oxygen atoms in total. The average molecular weight is 403 g/mol. The summed E-state index contributed by atoms with van der Waals surface area (Å²) in [5.41, 5.74) is 2.83. The lowest BCUT2D eigenvalue weighted by atomic mass is 10.2. The van der Waals surface area contributed by atoms with Gasteiger partial charge in [0.05, 0.1) is 17.9 Å². The predicted molar refractivity (Wildman–Crippen MR) is 104 cm³/mol. The van der Waals surface area contributed by atoms with Crippen LogP contribution in [0.4, 0.5) is 0 Å². The van der Waals surface area contributed by atoms with E-state index in [1.54, 1.807) is 31.4 Å². The summed E-state index contributed by atoms with van der Waals surface area (Å²) in [6, 6.07) is 3.06. The molecule has 0 amide bonds.